The van der Waals surface area contributed by atoms with Crippen LogP contribution in [0.5, 0.6) is 0 Å². The number of nitrogens with zero attached hydrogens (tertiary/aromatic N) is 5. The summed E-state index contributed by atoms with van der Waals surface area (Å²) in [5, 5.41) is 0. The first kappa shape index (κ1) is 25.4. The molecule has 0 aliphatic carbocycles. The van der Waals surface area contributed by atoms with Crippen LogP contribution < -0.4 is 14.9 Å². The van der Waals surface area contributed by atoms with E-state index in [9.17, 15) is 4.79 Å². The number of morpholine rings is 1. The molecule has 3 aromatic rings. The Morgan fingerprint density at radius 3 is 2.51 bits per heavy atom. The van der Waals surface area contributed by atoms with Crippen molar-refractivity contribution >= 4 is 17.1 Å². The number of quaternary nitrogens is 1. The van der Waals surface area contributed by atoms with E-state index in [0.29, 0.717) is 4.48 Å². The second-order valence-corrected chi connectivity index (χ2v) is 11.0. The number of rotatable bonds is 6. The van der Waals surface area contributed by atoms with Crippen LogP contribution >= 0.6 is 0 Å². The molecule has 194 valence electrons. The molecule has 2 aromatic heterocycles. The Bertz CT molecular complexity index is 1400. The van der Waals surface area contributed by atoms with Gasteiger partial charge in [-0.1, -0.05) is 29.8 Å². The van der Waals surface area contributed by atoms with Crippen molar-refractivity contribution in [2.45, 2.75) is 19.9 Å². The van der Waals surface area contributed by atoms with E-state index in [0.717, 1.165) is 72.3 Å². The normalized spacial score (nSPS) is 17.6. The van der Waals surface area contributed by atoms with Crippen LogP contribution in [-0.4, -0.2) is 75.5 Å². The predicted molar refractivity (Wildman–Crippen MR) is 151 cm³/mol. The molecule has 0 bridgehead atoms. The zero-order valence-electron chi connectivity index (χ0n) is 22.9. The maximum absolute atomic E-state index is 13.8. The molecule has 0 spiro atoms. The average Bonchev–Trinajstić information content (AvgIpc) is 3.13. The second-order valence-electron chi connectivity index (χ2n) is 11.0. The lowest BCUT2D eigenvalue weighted by molar-refractivity contribution is 0.122. The monoisotopic (exact) mass is 500 g/mol. The summed E-state index contributed by atoms with van der Waals surface area (Å²) in [5.41, 5.74) is 7.51. The topological polar surface area (TPSA) is 50.6 Å². The highest BCUT2D eigenvalue weighted by Gasteiger charge is 2.35. The van der Waals surface area contributed by atoms with Crippen LogP contribution in [0.15, 0.2) is 59.7 Å². The lowest BCUT2D eigenvalue weighted by atomic mass is 9.99. The number of fused-ring (bicyclic) bond motifs is 1. The fourth-order valence-corrected chi connectivity index (χ4v) is 5.61. The highest BCUT2D eigenvalue weighted by molar-refractivity contribution is 5.90. The van der Waals surface area contributed by atoms with Gasteiger partial charge in [-0.25, -0.2) is 4.98 Å². The molecular formula is C30H38N5O2+. The van der Waals surface area contributed by atoms with E-state index in [1.807, 2.05) is 17.7 Å². The standard InChI is InChI=1S/C30H38N5O2/c1-21-8-7-9-23(14-21)28(19-32(3)4)34-22(2)15-24(16-29(34)36)27-20-35(5,6)30-26(27)17-25(18-31-30)33-10-12-37-13-11-33/h7-9,14-18,20,28H,10-13,19H2,1-6H3/q+1/t28-/m1/s1. The summed E-state index contributed by atoms with van der Waals surface area (Å²) in [6, 6.07) is 14.6. The largest absolute Gasteiger partial charge is 0.378 e. The van der Waals surface area contributed by atoms with Crippen molar-refractivity contribution in [2.24, 2.45) is 0 Å². The van der Waals surface area contributed by atoms with Gasteiger partial charge in [0.25, 0.3) is 5.56 Å². The number of likely N-dealkylation sites (N-methyl/N-ethyl adjacent to an activating group) is 1. The molecule has 0 amide bonds. The van der Waals surface area contributed by atoms with E-state index in [1.54, 1.807) is 6.07 Å². The lowest BCUT2D eigenvalue weighted by Gasteiger charge is -2.29. The van der Waals surface area contributed by atoms with Crippen molar-refractivity contribution in [3.63, 3.8) is 0 Å². The van der Waals surface area contributed by atoms with Gasteiger partial charge in [-0.2, -0.15) is 0 Å². The van der Waals surface area contributed by atoms with E-state index < -0.39 is 0 Å². The predicted octanol–water partition coefficient (Wildman–Crippen LogP) is 3.82. The Kier molecular flexibility index (Phi) is 6.79. The Labute approximate surface area is 219 Å². The van der Waals surface area contributed by atoms with E-state index in [4.69, 9.17) is 9.72 Å². The van der Waals surface area contributed by atoms with Gasteiger partial charge in [-0.05, 0) is 51.2 Å². The molecule has 0 N–H and O–H groups in total. The first-order valence-electron chi connectivity index (χ1n) is 13.0. The van der Waals surface area contributed by atoms with Crippen molar-refractivity contribution < 1.29 is 4.74 Å². The number of benzene rings is 1. The minimum Gasteiger partial charge on any atom is -0.378 e. The number of anilines is 1. The van der Waals surface area contributed by atoms with Crippen molar-refractivity contribution in [3.05, 3.63) is 93.2 Å². The molecule has 0 unspecified atom stereocenters. The third kappa shape index (κ3) is 4.99. The van der Waals surface area contributed by atoms with Gasteiger partial charge >= 0.3 is 0 Å². The SMILES string of the molecule is Cc1cccc([C@@H](CN(C)C)n2c(C)cc(C3=C[N+](C)(C)c4ncc(N5CCOCC5)cc43)cc2=O)c1. The van der Waals surface area contributed by atoms with Crippen LogP contribution in [0.3, 0.4) is 0 Å². The molecule has 1 aromatic carbocycles. The van der Waals surface area contributed by atoms with Crippen LogP contribution in [0, 0.1) is 13.8 Å². The minimum absolute atomic E-state index is 0.0142. The molecule has 0 radical (unpaired) electrons. The Hall–Kier alpha value is -3.26. The summed E-state index contributed by atoms with van der Waals surface area (Å²) in [7, 11) is 8.37. The fourth-order valence-electron chi connectivity index (χ4n) is 5.61. The zero-order chi connectivity index (χ0) is 26.3. The second kappa shape index (κ2) is 9.89. The van der Waals surface area contributed by atoms with Gasteiger partial charge in [0, 0.05) is 31.4 Å². The van der Waals surface area contributed by atoms with E-state index in [2.05, 4.69) is 87.5 Å². The average molecular weight is 501 g/mol. The highest BCUT2D eigenvalue weighted by atomic mass is 16.5. The summed E-state index contributed by atoms with van der Waals surface area (Å²) in [5.74, 6) is 0.999. The zero-order valence-corrected chi connectivity index (χ0v) is 22.9. The van der Waals surface area contributed by atoms with Crippen molar-refractivity contribution in [2.75, 3.05) is 65.9 Å². The van der Waals surface area contributed by atoms with Crippen LogP contribution in [0.1, 0.15) is 34.0 Å². The van der Waals surface area contributed by atoms with E-state index in [1.165, 1.54) is 5.56 Å². The number of hydrogen-bond acceptors (Lipinski definition) is 5. The summed E-state index contributed by atoms with van der Waals surface area (Å²) >= 11 is 0. The van der Waals surface area contributed by atoms with Crippen molar-refractivity contribution in [1.82, 2.24) is 18.9 Å². The molecule has 2 aliphatic rings. The third-order valence-electron chi connectivity index (χ3n) is 7.36. The lowest BCUT2D eigenvalue weighted by Crippen LogP contribution is -2.36. The van der Waals surface area contributed by atoms with Gasteiger partial charge in [-0.3, -0.25) is 9.28 Å². The van der Waals surface area contributed by atoms with Crippen LogP contribution in [0.2, 0.25) is 0 Å². The van der Waals surface area contributed by atoms with E-state index in [-0.39, 0.29) is 11.6 Å². The molecule has 7 heteroatoms. The molecule has 1 saturated heterocycles. The number of hydrogen-bond donors (Lipinski definition) is 0. The molecule has 5 rings (SSSR count). The Balaban J connectivity index is 1.58. The fraction of sp³-hybridized carbons (Fsp3) is 0.400. The maximum Gasteiger partial charge on any atom is 0.251 e. The number of aryl methyl sites for hydroxylation is 2. The minimum atomic E-state index is -0.0666. The molecule has 37 heavy (non-hydrogen) atoms. The molecule has 1 fully saturated rings. The quantitative estimate of drug-likeness (QED) is 0.482. The van der Waals surface area contributed by atoms with Gasteiger partial charge in [0.2, 0.25) is 5.82 Å². The van der Waals surface area contributed by atoms with Crippen LogP contribution in [0.4, 0.5) is 11.5 Å². The summed E-state index contributed by atoms with van der Waals surface area (Å²) < 4.78 is 8.03. The van der Waals surface area contributed by atoms with Gasteiger partial charge < -0.3 is 19.1 Å². The molecular weight excluding hydrogens is 462 g/mol. The molecule has 2 aliphatic heterocycles. The maximum atomic E-state index is 13.8. The Morgan fingerprint density at radius 1 is 1.08 bits per heavy atom. The smallest absolute Gasteiger partial charge is 0.251 e. The Morgan fingerprint density at radius 2 is 1.84 bits per heavy atom. The molecule has 0 saturated carbocycles. The number of aromatic nitrogens is 2. The summed E-state index contributed by atoms with van der Waals surface area (Å²) in [6.07, 6.45) is 4.18. The van der Waals surface area contributed by atoms with Gasteiger partial charge in [0.1, 0.15) is 6.20 Å². The van der Waals surface area contributed by atoms with Crippen molar-refractivity contribution in [1.29, 1.82) is 0 Å². The summed E-state index contributed by atoms with van der Waals surface area (Å²) in [4.78, 5) is 23.1. The molecule has 7 nitrogen and oxygen atoms in total. The summed E-state index contributed by atoms with van der Waals surface area (Å²) in [6.45, 7) is 8.06. The van der Waals surface area contributed by atoms with Crippen LogP contribution in [-0.2, 0) is 4.74 Å². The number of pyridine rings is 2. The molecule has 4 heterocycles. The number of ether oxygens (including phenoxy) is 1. The van der Waals surface area contributed by atoms with Gasteiger partial charge in [0.15, 0.2) is 0 Å². The van der Waals surface area contributed by atoms with Crippen molar-refractivity contribution in [3.8, 4) is 0 Å². The first-order valence-corrected chi connectivity index (χ1v) is 13.0. The third-order valence-corrected chi connectivity index (χ3v) is 7.36. The van der Waals surface area contributed by atoms with Gasteiger partial charge in [0.05, 0.1) is 56.4 Å². The first-order chi connectivity index (χ1) is 17.6. The van der Waals surface area contributed by atoms with Crippen LogP contribution in [0.25, 0.3) is 5.57 Å². The van der Waals surface area contributed by atoms with Gasteiger partial charge in [-0.15, -0.1) is 0 Å². The highest BCUT2D eigenvalue weighted by Crippen LogP contribution is 2.41. The van der Waals surface area contributed by atoms with E-state index >= 15 is 0 Å². The molecule has 1 atom stereocenters.